The lowest BCUT2D eigenvalue weighted by atomic mass is 10.2. The van der Waals surface area contributed by atoms with Gasteiger partial charge in [-0.2, -0.15) is 5.10 Å². The molecule has 8 nitrogen and oxygen atoms in total. The van der Waals surface area contributed by atoms with Crippen molar-refractivity contribution in [1.82, 2.24) is 29.7 Å². The van der Waals surface area contributed by atoms with Gasteiger partial charge in [0.05, 0.1) is 29.3 Å². The topological polar surface area (TPSA) is 119 Å². The largest absolute Gasteiger partial charge is 0.392 e. The van der Waals surface area contributed by atoms with Gasteiger partial charge in [-0.25, -0.2) is 15.0 Å². The number of rotatable bonds is 4. The first kappa shape index (κ1) is 18.0. The monoisotopic (exact) mass is 397 g/mol. The smallest absolute Gasteiger partial charge is 0.165 e. The highest BCUT2D eigenvalue weighted by molar-refractivity contribution is 5.84. The predicted molar refractivity (Wildman–Crippen MR) is 115 cm³/mol. The van der Waals surface area contributed by atoms with E-state index in [0.717, 1.165) is 39.4 Å². The minimum Gasteiger partial charge on any atom is -0.392 e. The molecule has 4 aromatic heterocycles. The van der Waals surface area contributed by atoms with Crippen molar-refractivity contribution in [2.75, 3.05) is 5.73 Å². The number of pyridine rings is 2. The quantitative estimate of drug-likeness (QED) is 0.428. The number of hydrogen-bond acceptors (Lipinski definition) is 6. The van der Waals surface area contributed by atoms with Gasteiger partial charge < -0.3 is 10.8 Å². The number of H-pyrrole nitrogens is 1. The number of nitrogen functional groups attached to an aromatic ring is 1. The molecule has 0 aliphatic carbocycles. The van der Waals surface area contributed by atoms with E-state index in [1.165, 1.54) is 0 Å². The Balaban J connectivity index is 1.79. The Bertz CT molecular complexity index is 1350. The van der Waals surface area contributed by atoms with Crippen LogP contribution in [-0.2, 0) is 6.61 Å². The van der Waals surface area contributed by atoms with Gasteiger partial charge in [-0.1, -0.05) is 12.1 Å². The second-order valence-corrected chi connectivity index (χ2v) is 6.99. The van der Waals surface area contributed by atoms with Gasteiger partial charge in [0, 0.05) is 11.9 Å². The van der Waals surface area contributed by atoms with Gasteiger partial charge in [-0.05, 0) is 55.0 Å². The summed E-state index contributed by atoms with van der Waals surface area (Å²) in [5, 5.41) is 16.6. The van der Waals surface area contributed by atoms with Crippen LogP contribution >= 0.6 is 0 Å². The summed E-state index contributed by atoms with van der Waals surface area (Å²) in [6.45, 7) is 1.91. The number of nitrogens with two attached hydrogens (primary N) is 1. The average molecular weight is 397 g/mol. The third kappa shape index (κ3) is 2.99. The van der Waals surface area contributed by atoms with Crippen molar-refractivity contribution >= 4 is 17.0 Å². The highest BCUT2D eigenvalue weighted by atomic mass is 16.3. The molecule has 0 spiro atoms. The minimum atomic E-state index is -0.0189. The number of nitrogens with zero attached hydrogens (tertiary/aromatic N) is 5. The number of aromatic amines is 1. The van der Waals surface area contributed by atoms with Crippen molar-refractivity contribution in [3.63, 3.8) is 0 Å². The molecule has 1 aromatic carbocycles. The molecule has 0 radical (unpaired) electrons. The van der Waals surface area contributed by atoms with Gasteiger partial charge in [0.25, 0.3) is 0 Å². The number of benzene rings is 1. The fraction of sp³-hybridized carbons (Fsp3) is 0.0909. The van der Waals surface area contributed by atoms with Crippen molar-refractivity contribution in [1.29, 1.82) is 0 Å². The number of anilines is 1. The molecule has 0 atom stereocenters. The van der Waals surface area contributed by atoms with E-state index >= 15 is 0 Å². The molecule has 0 aliphatic rings. The highest BCUT2D eigenvalue weighted by Gasteiger charge is 2.19. The van der Waals surface area contributed by atoms with Crippen LogP contribution in [0.4, 0.5) is 5.82 Å². The first-order valence-electron chi connectivity index (χ1n) is 9.47. The summed E-state index contributed by atoms with van der Waals surface area (Å²) in [6.07, 6.45) is 1.65. The van der Waals surface area contributed by atoms with Gasteiger partial charge in [-0.15, -0.1) is 0 Å². The zero-order valence-electron chi connectivity index (χ0n) is 16.2. The second kappa shape index (κ2) is 7.09. The minimum absolute atomic E-state index is 0.0189. The number of imidazole rings is 1. The van der Waals surface area contributed by atoms with Crippen LogP contribution in [0.2, 0.25) is 0 Å². The number of hydrogen-bond donors (Lipinski definition) is 3. The molecule has 0 bridgehead atoms. The summed E-state index contributed by atoms with van der Waals surface area (Å²) >= 11 is 0. The van der Waals surface area contributed by atoms with Gasteiger partial charge in [0.1, 0.15) is 11.3 Å². The lowest BCUT2D eigenvalue weighted by Gasteiger charge is -2.11. The first-order valence-corrected chi connectivity index (χ1v) is 9.47. The maximum Gasteiger partial charge on any atom is 0.165 e. The fourth-order valence-electron chi connectivity index (χ4n) is 3.44. The van der Waals surface area contributed by atoms with Gasteiger partial charge >= 0.3 is 0 Å². The van der Waals surface area contributed by atoms with Gasteiger partial charge in [-0.3, -0.25) is 9.67 Å². The Labute approximate surface area is 172 Å². The highest BCUT2D eigenvalue weighted by Crippen LogP contribution is 2.31. The van der Waals surface area contributed by atoms with Crippen LogP contribution in [0.3, 0.4) is 0 Å². The lowest BCUT2D eigenvalue weighted by molar-refractivity contribution is 0.282. The van der Waals surface area contributed by atoms with Crippen LogP contribution in [0.25, 0.3) is 39.6 Å². The molecule has 4 heterocycles. The number of nitrogens with one attached hydrogen (secondary N) is 1. The van der Waals surface area contributed by atoms with Gasteiger partial charge in [0.15, 0.2) is 11.5 Å². The Morgan fingerprint density at radius 3 is 2.60 bits per heavy atom. The van der Waals surface area contributed by atoms with E-state index < -0.39 is 0 Å². The van der Waals surface area contributed by atoms with Crippen molar-refractivity contribution < 1.29 is 5.11 Å². The Morgan fingerprint density at radius 2 is 1.90 bits per heavy atom. The molecule has 0 amide bonds. The molecule has 8 heteroatoms. The van der Waals surface area contributed by atoms with Crippen LogP contribution in [0.1, 0.15) is 11.3 Å². The van der Waals surface area contributed by atoms with Crippen molar-refractivity contribution in [2.24, 2.45) is 0 Å². The molecule has 4 N–H and O–H groups in total. The lowest BCUT2D eigenvalue weighted by Crippen LogP contribution is -2.02. The summed E-state index contributed by atoms with van der Waals surface area (Å²) < 4.78 is 1.95. The molecule has 148 valence electrons. The first-order chi connectivity index (χ1) is 14.6. The van der Waals surface area contributed by atoms with E-state index in [2.05, 4.69) is 15.2 Å². The Hall–Kier alpha value is -4.04. The molecule has 0 fully saturated rings. The zero-order chi connectivity index (χ0) is 20.7. The average Bonchev–Trinajstić information content (AvgIpc) is 3.37. The molecule has 5 rings (SSSR count). The van der Waals surface area contributed by atoms with E-state index in [-0.39, 0.29) is 6.61 Å². The van der Waals surface area contributed by atoms with Crippen LogP contribution in [0.5, 0.6) is 0 Å². The van der Waals surface area contributed by atoms with Crippen molar-refractivity contribution in [2.45, 2.75) is 13.5 Å². The normalized spacial score (nSPS) is 11.3. The number of aryl methyl sites for hydroxylation is 1. The van der Waals surface area contributed by atoms with E-state index in [1.54, 1.807) is 6.20 Å². The van der Waals surface area contributed by atoms with E-state index in [0.29, 0.717) is 17.3 Å². The third-order valence-corrected chi connectivity index (χ3v) is 4.94. The number of fused-ring (bicyclic) bond motifs is 1. The molecule has 30 heavy (non-hydrogen) atoms. The third-order valence-electron chi connectivity index (χ3n) is 4.94. The molecule has 5 aromatic rings. The zero-order valence-corrected chi connectivity index (χ0v) is 16.2. The van der Waals surface area contributed by atoms with Crippen molar-refractivity contribution in [3.05, 3.63) is 72.1 Å². The predicted octanol–water partition coefficient (Wildman–Crippen LogP) is 3.26. The van der Waals surface area contributed by atoms with Crippen molar-refractivity contribution in [3.8, 4) is 28.5 Å². The summed E-state index contributed by atoms with van der Waals surface area (Å²) in [5.41, 5.74) is 12.5. The van der Waals surface area contributed by atoms with E-state index in [4.69, 9.17) is 15.7 Å². The molecule has 0 saturated carbocycles. The number of aromatic nitrogens is 6. The Morgan fingerprint density at radius 1 is 1.07 bits per heavy atom. The van der Waals surface area contributed by atoms with Crippen LogP contribution in [-0.4, -0.2) is 34.8 Å². The SMILES string of the molecule is Cc1cc(-c2ccc3nc(-c4cccnc4N)n(-c4ccc(CO)cc4)c3n2)[nH]n1. The standard InChI is InChI=1S/C22H19N7O/c1-13-11-19(28-27-13)17-8-9-18-22(25-17)29(15-6-4-14(12-30)5-7-15)21(26-18)16-3-2-10-24-20(16)23/h2-11,30H,12H2,1H3,(H2,23,24)(H,27,28). The summed E-state index contributed by atoms with van der Waals surface area (Å²) in [6, 6.07) is 17.1. The summed E-state index contributed by atoms with van der Waals surface area (Å²) in [4.78, 5) is 13.9. The van der Waals surface area contributed by atoms with Crippen LogP contribution in [0.15, 0.2) is 60.8 Å². The van der Waals surface area contributed by atoms with Gasteiger partial charge in [0.2, 0.25) is 0 Å². The van der Waals surface area contributed by atoms with Crippen LogP contribution < -0.4 is 5.73 Å². The molecule has 0 saturated heterocycles. The van der Waals surface area contributed by atoms with E-state index in [1.807, 2.05) is 66.1 Å². The fourth-order valence-corrected chi connectivity index (χ4v) is 3.44. The molecule has 0 unspecified atom stereocenters. The van der Waals surface area contributed by atoms with E-state index in [9.17, 15) is 5.11 Å². The molecule has 0 aliphatic heterocycles. The maximum absolute atomic E-state index is 9.40. The second-order valence-electron chi connectivity index (χ2n) is 6.99. The molecular formula is C22H19N7O. The Kier molecular flexibility index (Phi) is 4.26. The molecular weight excluding hydrogens is 378 g/mol. The summed E-state index contributed by atoms with van der Waals surface area (Å²) in [7, 11) is 0. The maximum atomic E-state index is 9.40. The van der Waals surface area contributed by atoms with Crippen LogP contribution in [0, 0.1) is 6.92 Å². The summed E-state index contributed by atoms with van der Waals surface area (Å²) in [5.74, 6) is 1.04. The number of aliphatic hydroxyl groups excluding tert-OH is 1. The number of aliphatic hydroxyl groups is 1.